The number of anilines is 1. The van der Waals surface area contributed by atoms with Crippen LogP contribution in [0.3, 0.4) is 0 Å². The number of nitrogens with one attached hydrogen (secondary N) is 2. The first kappa shape index (κ1) is 21.9. The Morgan fingerprint density at radius 1 is 1.15 bits per heavy atom. The number of pyridine rings is 1. The van der Waals surface area contributed by atoms with Crippen LogP contribution in [0.25, 0.3) is 10.9 Å². The summed E-state index contributed by atoms with van der Waals surface area (Å²) in [5.41, 5.74) is 4.43. The third-order valence-corrected chi connectivity index (χ3v) is 6.45. The smallest absolute Gasteiger partial charge is 0.255 e. The number of nitrogens with zero attached hydrogens (tertiary/aromatic N) is 1. The van der Waals surface area contributed by atoms with Crippen molar-refractivity contribution in [2.75, 3.05) is 25.1 Å². The Labute approximate surface area is 194 Å². The zero-order valence-electron chi connectivity index (χ0n) is 19.1. The monoisotopic (exact) mass is 445 g/mol. The highest BCUT2D eigenvalue weighted by Gasteiger charge is 2.20. The molecule has 0 bridgehead atoms. The van der Waals surface area contributed by atoms with Gasteiger partial charge in [0.15, 0.2) is 0 Å². The van der Waals surface area contributed by atoms with Gasteiger partial charge in [-0.3, -0.25) is 9.78 Å². The Hall–Kier alpha value is -2.96. The molecule has 0 spiro atoms. The SMILES string of the molecule is Cc1c(NC(=O)c2ccc(OC[C@@H]3CCCO3)cc2)ccc2cc(CNCC3CC3)cnc12. The number of carbonyl (C=O) groups excluding carboxylic acids is 1. The highest BCUT2D eigenvalue weighted by molar-refractivity contribution is 6.06. The fourth-order valence-electron chi connectivity index (χ4n) is 4.23. The molecule has 2 heterocycles. The zero-order chi connectivity index (χ0) is 22.6. The van der Waals surface area contributed by atoms with E-state index in [1.807, 2.05) is 37.4 Å². The number of hydrogen-bond acceptors (Lipinski definition) is 5. The summed E-state index contributed by atoms with van der Waals surface area (Å²) in [4.78, 5) is 17.5. The van der Waals surface area contributed by atoms with E-state index >= 15 is 0 Å². The van der Waals surface area contributed by atoms with Crippen LogP contribution in [0, 0.1) is 12.8 Å². The molecular formula is C27H31N3O3. The molecular weight excluding hydrogens is 414 g/mol. The fourth-order valence-corrected chi connectivity index (χ4v) is 4.23. The molecule has 2 aliphatic rings. The van der Waals surface area contributed by atoms with E-state index in [1.54, 1.807) is 12.1 Å². The molecule has 5 rings (SSSR count). The lowest BCUT2D eigenvalue weighted by Gasteiger charge is -2.13. The summed E-state index contributed by atoms with van der Waals surface area (Å²) in [5, 5.41) is 7.63. The predicted octanol–water partition coefficient (Wildman–Crippen LogP) is 4.85. The second-order valence-corrected chi connectivity index (χ2v) is 9.15. The van der Waals surface area contributed by atoms with Crippen molar-refractivity contribution in [2.24, 2.45) is 5.92 Å². The first-order valence-corrected chi connectivity index (χ1v) is 11.9. The van der Waals surface area contributed by atoms with Crippen molar-refractivity contribution >= 4 is 22.5 Å². The number of aromatic nitrogens is 1. The molecule has 2 N–H and O–H groups in total. The standard InChI is InChI=1S/C27H31N3O3/c1-18-25(11-8-22-13-20(16-29-26(18)22)15-28-14-19-4-5-19)30-27(31)21-6-9-23(10-7-21)33-17-24-3-2-12-32-24/h6-11,13,16,19,24,28H,2-5,12,14-15,17H2,1H3,(H,30,31)/t24-/m0/s1. The van der Waals surface area contributed by atoms with Crippen molar-refractivity contribution in [3.05, 3.63) is 65.4 Å². The van der Waals surface area contributed by atoms with E-state index in [0.717, 1.165) is 66.4 Å². The molecule has 0 unspecified atom stereocenters. The van der Waals surface area contributed by atoms with Crippen molar-refractivity contribution < 1.29 is 14.3 Å². The number of amides is 1. The van der Waals surface area contributed by atoms with Crippen LogP contribution >= 0.6 is 0 Å². The van der Waals surface area contributed by atoms with Gasteiger partial charge >= 0.3 is 0 Å². The van der Waals surface area contributed by atoms with E-state index in [0.29, 0.717) is 12.2 Å². The number of fused-ring (bicyclic) bond motifs is 1. The maximum absolute atomic E-state index is 12.8. The van der Waals surface area contributed by atoms with Crippen LogP contribution < -0.4 is 15.4 Å². The Balaban J connectivity index is 1.21. The first-order valence-electron chi connectivity index (χ1n) is 11.9. The van der Waals surface area contributed by atoms with Gasteiger partial charge in [0.1, 0.15) is 12.4 Å². The summed E-state index contributed by atoms with van der Waals surface area (Å²) in [6, 6.07) is 13.4. The third-order valence-electron chi connectivity index (χ3n) is 6.45. The Morgan fingerprint density at radius 3 is 2.76 bits per heavy atom. The summed E-state index contributed by atoms with van der Waals surface area (Å²) in [5.74, 6) is 1.46. The van der Waals surface area contributed by atoms with Crippen LogP contribution in [0.4, 0.5) is 5.69 Å². The number of carbonyl (C=O) groups is 1. The maximum Gasteiger partial charge on any atom is 0.255 e. The molecule has 1 saturated carbocycles. The summed E-state index contributed by atoms with van der Waals surface area (Å²) < 4.78 is 11.4. The highest BCUT2D eigenvalue weighted by Crippen LogP contribution is 2.28. The van der Waals surface area contributed by atoms with E-state index in [1.165, 1.54) is 18.4 Å². The Kier molecular flexibility index (Phi) is 6.55. The largest absolute Gasteiger partial charge is 0.491 e. The fraction of sp³-hybridized carbons (Fsp3) is 0.407. The normalized spacial score (nSPS) is 17.9. The molecule has 3 aromatic rings. The molecule has 1 atom stereocenters. The lowest BCUT2D eigenvalue weighted by atomic mass is 10.1. The van der Waals surface area contributed by atoms with Gasteiger partial charge in [-0.15, -0.1) is 0 Å². The van der Waals surface area contributed by atoms with Gasteiger partial charge in [-0.2, -0.15) is 0 Å². The first-order chi connectivity index (χ1) is 16.2. The van der Waals surface area contributed by atoms with E-state index in [4.69, 9.17) is 9.47 Å². The molecule has 1 saturated heterocycles. The van der Waals surface area contributed by atoms with Crippen LogP contribution in [0.5, 0.6) is 5.75 Å². The number of rotatable bonds is 9. The summed E-state index contributed by atoms with van der Waals surface area (Å²) in [6.45, 7) is 5.29. The Bertz CT molecular complexity index is 1120. The minimum Gasteiger partial charge on any atom is -0.491 e. The minimum absolute atomic E-state index is 0.149. The summed E-state index contributed by atoms with van der Waals surface area (Å²) >= 11 is 0. The average molecular weight is 446 g/mol. The van der Waals surface area contributed by atoms with E-state index < -0.39 is 0 Å². The molecule has 172 valence electrons. The van der Waals surface area contributed by atoms with E-state index in [2.05, 4.69) is 21.7 Å². The Morgan fingerprint density at radius 2 is 2.00 bits per heavy atom. The van der Waals surface area contributed by atoms with Crippen LogP contribution in [0.1, 0.15) is 47.2 Å². The third kappa shape index (κ3) is 5.52. The number of benzene rings is 2. The van der Waals surface area contributed by atoms with Gasteiger partial charge in [-0.25, -0.2) is 0 Å². The topological polar surface area (TPSA) is 72.5 Å². The lowest BCUT2D eigenvalue weighted by Crippen LogP contribution is -2.16. The van der Waals surface area contributed by atoms with Crippen LogP contribution in [0.15, 0.2) is 48.7 Å². The number of aryl methyl sites for hydroxylation is 1. The maximum atomic E-state index is 12.8. The molecule has 1 amide bonds. The second-order valence-electron chi connectivity index (χ2n) is 9.15. The molecule has 2 aromatic carbocycles. The molecule has 6 nitrogen and oxygen atoms in total. The minimum atomic E-state index is -0.149. The van der Waals surface area contributed by atoms with Gasteiger partial charge in [-0.1, -0.05) is 6.07 Å². The quantitative estimate of drug-likeness (QED) is 0.492. The molecule has 1 aliphatic carbocycles. The van der Waals surface area contributed by atoms with E-state index in [-0.39, 0.29) is 12.0 Å². The molecule has 6 heteroatoms. The van der Waals surface area contributed by atoms with Crippen LogP contribution in [-0.2, 0) is 11.3 Å². The van der Waals surface area contributed by atoms with Crippen LogP contribution in [-0.4, -0.2) is 36.8 Å². The lowest BCUT2D eigenvalue weighted by molar-refractivity contribution is 0.0679. The van der Waals surface area contributed by atoms with Gasteiger partial charge < -0.3 is 20.1 Å². The predicted molar refractivity (Wildman–Crippen MR) is 130 cm³/mol. The molecule has 1 aromatic heterocycles. The highest BCUT2D eigenvalue weighted by atomic mass is 16.5. The van der Waals surface area contributed by atoms with Gasteiger partial charge in [-0.05, 0) is 92.6 Å². The number of ether oxygens (including phenoxy) is 2. The van der Waals surface area contributed by atoms with Crippen molar-refractivity contribution in [1.29, 1.82) is 0 Å². The van der Waals surface area contributed by atoms with E-state index in [9.17, 15) is 4.79 Å². The average Bonchev–Trinajstić information content (AvgIpc) is 3.51. The van der Waals surface area contributed by atoms with Crippen LogP contribution in [0.2, 0.25) is 0 Å². The van der Waals surface area contributed by atoms with Gasteiger partial charge in [0, 0.05) is 36.0 Å². The van der Waals surface area contributed by atoms with Gasteiger partial charge in [0.2, 0.25) is 0 Å². The molecule has 1 aliphatic heterocycles. The van der Waals surface area contributed by atoms with Gasteiger partial charge in [0.05, 0.1) is 11.6 Å². The van der Waals surface area contributed by atoms with Crippen molar-refractivity contribution in [3.8, 4) is 5.75 Å². The van der Waals surface area contributed by atoms with Gasteiger partial charge in [0.25, 0.3) is 5.91 Å². The molecule has 0 radical (unpaired) electrons. The molecule has 33 heavy (non-hydrogen) atoms. The number of hydrogen-bond donors (Lipinski definition) is 2. The van der Waals surface area contributed by atoms with Crippen molar-refractivity contribution in [1.82, 2.24) is 10.3 Å². The van der Waals surface area contributed by atoms with Crippen molar-refractivity contribution in [2.45, 2.75) is 45.3 Å². The van der Waals surface area contributed by atoms with Crippen molar-refractivity contribution in [3.63, 3.8) is 0 Å². The summed E-state index contributed by atoms with van der Waals surface area (Å²) in [7, 11) is 0. The molecule has 2 fully saturated rings. The summed E-state index contributed by atoms with van der Waals surface area (Å²) in [6.07, 6.45) is 6.94. The second kappa shape index (κ2) is 9.89. The zero-order valence-corrected chi connectivity index (χ0v) is 19.1.